The van der Waals surface area contributed by atoms with Gasteiger partial charge in [-0.25, -0.2) is 0 Å². The lowest BCUT2D eigenvalue weighted by molar-refractivity contribution is -0.00277. The third-order valence-electron chi connectivity index (χ3n) is 4.07. The van der Waals surface area contributed by atoms with E-state index in [9.17, 15) is 0 Å². The fourth-order valence-corrected chi connectivity index (χ4v) is 2.95. The Morgan fingerprint density at radius 2 is 2.00 bits per heavy atom. The molecule has 1 saturated heterocycles. The largest absolute Gasteiger partial charge is 0.379 e. The molecule has 1 aliphatic heterocycles. The molecule has 0 bridgehead atoms. The minimum Gasteiger partial charge on any atom is -0.379 e. The number of hydrogen-bond acceptors (Lipinski definition) is 3. The molecule has 2 rings (SSSR count). The molecule has 1 saturated carbocycles. The van der Waals surface area contributed by atoms with E-state index in [0.29, 0.717) is 12.1 Å². The van der Waals surface area contributed by atoms with Gasteiger partial charge >= 0.3 is 0 Å². The Morgan fingerprint density at radius 3 is 2.67 bits per heavy atom. The summed E-state index contributed by atoms with van der Waals surface area (Å²) in [5.74, 6) is 0.901. The number of nitrogens with two attached hydrogens (primary N) is 1. The van der Waals surface area contributed by atoms with Crippen LogP contribution in [0.25, 0.3) is 0 Å². The summed E-state index contributed by atoms with van der Waals surface area (Å²) >= 11 is 0. The van der Waals surface area contributed by atoms with Crippen LogP contribution in [0.2, 0.25) is 0 Å². The van der Waals surface area contributed by atoms with Crippen molar-refractivity contribution >= 4 is 0 Å². The highest BCUT2D eigenvalue weighted by molar-refractivity contribution is 4.89. The molecule has 1 heterocycles. The second kappa shape index (κ2) is 5.28. The van der Waals surface area contributed by atoms with Gasteiger partial charge in [-0.2, -0.15) is 0 Å². The average molecular weight is 212 g/mol. The zero-order chi connectivity index (χ0) is 10.7. The Hall–Kier alpha value is -0.120. The highest BCUT2D eigenvalue weighted by Gasteiger charge is 2.32. The van der Waals surface area contributed by atoms with Crippen LogP contribution in [0.3, 0.4) is 0 Å². The van der Waals surface area contributed by atoms with Crippen LogP contribution in [0.1, 0.15) is 32.6 Å². The Morgan fingerprint density at radius 1 is 1.27 bits per heavy atom. The van der Waals surface area contributed by atoms with Crippen LogP contribution >= 0.6 is 0 Å². The van der Waals surface area contributed by atoms with Crippen LogP contribution in [-0.2, 0) is 4.74 Å². The van der Waals surface area contributed by atoms with Crippen molar-refractivity contribution in [2.45, 2.75) is 44.7 Å². The summed E-state index contributed by atoms with van der Waals surface area (Å²) in [7, 11) is 0. The van der Waals surface area contributed by atoms with E-state index in [2.05, 4.69) is 11.8 Å². The molecular formula is C12H24N2O. The highest BCUT2D eigenvalue weighted by Crippen LogP contribution is 2.29. The zero-order valence-electron chi connectivity index (χ0n) is 9.82. The molecule has 0 spiro atoms. The SMILES string of the molecule is CCC1CCC(N)C(N2CCOCC2)C1. The minimum absolute atomic E-state index is 0.394. The van der Waals surface area contributed by atoms with Crippen molar-refractivity contribution in [3.05, 3.63) is 0 Å². The molecule has 2 fully saturated rings. The van der Waals surface area contributed by atoms with Crippen molar-refractivity contribution in [1.82, 2.24) is 4.90 Å². The highest BCUT2D eigenvalue weighted by atomic mass is 16.5. The first-order chi connectivity index (χ1) is 7.31. The number of ether oxygens (including phenoxy) is 1. The van der Waals surface area contributed by atoms with E-state index in [1.54, 1.807) is 0 Å². The lowest BCUT2D eigenvalue weighted by Gasteiger charge is -2.42. The summed E-state index contributed by atoms with van der Waals surface area (Å²) in [4.78, 5) is 2.55. The molecule has 2 aliphatic rings. The first kappa shape index (κ1) is 11.4. The maximum absolute atomic E-state index is 6.24. The van der Waals surface area contributed by atoms with Crippen molar-refractivity contribution in [3.63, 3.8) is 0 Å². The van der Waals surface area contributed by atoms with Gasteiger partial charge in [0.15, 0.2) is 0 Å². The van der Waals surface area contributed by atoms with Crippen LogP contribution in [-0.4, -0.2) is 43.3 Å². The molecule has 88 valence electrons. The quantitative estimate of drug-likeness (QED) is 0.748. The third kappa shape index (κ3) is 2.71. The molecule has 0 aromatic rings. The van der Waals surface area contributed by atoms with E-state index < -0.39 is 0 Å². The molecule has 2 N–H and O–H groups in total. The topological polar surface area (TPSA) is 38.5 Å². The van der Waals surface area contributed by atoms with E-state index in [-0.39, 0.29) is 0 Å². The zero-order valence-corrected chi connectivity index (χ0v) is 9.82. The molecule has 3 nitrogen and oxygen atoms in total. The fraction of sp³-hybridized carbons (Fsp3) is 1.00. The van der Waals surface area contributed by atoms with E-state index >= 15 is 0 Å². The summed E-state index contributed by atoms with van der Waals surface area (Å²) in [5, 5.41) is 0. The first-order valence-corrected chi connectivity index (χ1v) is 6.38. The molecule has 1 aliphatic carbocycles. The Balaban J connectivity index is 1.92. The predicted molar refractivity (Wildman–Crippen MR) is 61.8 cm³/mol. The number of morpholine rings is 1. The van der Waals surface area contributed by atoms with Gasteiger partial charge in [0.05, 0.1) is 13.2 Å². The molecule has 3 unspecified atom stereocenters. The van der Waals surface area contributed by atoms with Crippen LogP contribution < -0.4 is 5.73 Å². The Labute approximate surface area is 93.0 Å². The second-order valence-corrected chi connectivity index (χ2v) is 4.97. The summed E-state index contributed by atoms with van der Waals surface area (Å²) in [6.07, 6.45) is 5.16. The van der Waals surface area contributed by atoms with Crippen molar-refractivity contribution in [3.8, 4) is 0 Å². The lowest BCUT2D eigenvalue weighted by Crippen LogP contribution is -2.54. The Bertz CT molecular complexity index is 192. The van der Waals surface area contributed by atoms with Gasteiger partial charge in [-0.15, -0.1) is 0 Å². The molecule has 0 radical (unpaired) electrons. The van der Waals surface area contributed by atoms with Gasteiger partial charge in [-0.3, -0.25) is 4.90 Å². The van der Waals surface area contributed by atoms with Gasteiger partial charge < -0.3 is 10.5 Å². The van der Waals surface area contributed by atoms with Crippen LogP contribution in [0.15, 0.2) is 0 Å². The number of hydrogen-bond donors (Lipinski definition) is 1. The van der Waals surface area contributed by atoms with Crippen molar-refractivity contribution in [1.29, 1.82) is 0 Å². The van der Waals surface area contributed by atoms with Gasteiger partial charge in [-0.05, 0) is 25.2 Å². The van der Waals surface area contributed by atoms with Crippen molar-refractivity contribution in [2.75, 3.05) is 26.3 Å². The molecule has 15 heavy (non-hydrogen) atoms. The van der Waals surface area contributed by atoms with E-state index in [4.69, 9.17) is 10.5 Å². The molecule has 0 aromatic carbocycles. The first-order valence-electron chi connectivity index (χ1n) is 6.38. The Kier molecular flexibility index (Phi) is 4.00. The van der Waals surface area contributed by atoms with Crippen molar-refractivity contribution in [2.24, 2.45) is 11.7 Å². The molecule has 3 atom stereocenters. The second-order valence-electron chi connectivity index (χ2n) is 4.97. The van der Waals surface area contributed by atoms with Gasteiger partial charge in [-0.1, -0.05) is 13.3 Å². The van der Waals surface area contributed by atoms with E-state index in [1.807, 2.05) is 0 Å². The summed E-state index contributed by atoms with van der Waals surface area (Å²) < 4.78 is 5.40. The van der Waals surface area contributed by atoms with Crippen LogP contribution in [0.4, 0.5) is 0 Å². The average Bonchev–Trinajstić information content (AvgIpc) is 2.31. The number of rotatable bonds is 2. The third-order valence-corrected chi connectivity index (χ3v) is 4.07. The monoisotopic (exact) mass is 212 g/mol. The van der Waals surface area contributed by atoms with Crippen molar-refractivity contribution < 1.29 is 4.74 Å². The van der Waals surface area contributed by atoms with Gasteiger partial charge in [0.25, 0.3) is 0 Å². The minimum atomic E-state index is 0.394. The van der Waals surface area contributed by atoms with E-state index in [1.165, 1.54) is 25.7 Å². The molecule has 3 heteroatoms. The molecule has 0 aromatic heterocycles. The fourth-order valence-electron chi connectivity index (χ4n) is 2.95. The number of nitrogens with zero attached hydrogens (tertiary/aromatic N) is 1. The normalized spacial score (nSPS) is 39.2. The van der Waals surface area contributed by atoms with E-state index in [0.717, 1.165) is 32.2 Å². The molecule has 0 amide bonds. The van der Waals surface area contributed by atoms with Gasteiger partial charge in [0.1, 0.15) is 0 Å². The summed E-state index contributed by atoms with van der Waals surface area (Å²) in [5.41, 5.74) is 6.24. The maximum Gasteiger partial charge on any atom is 0.0594 e. The standard InChI is InChI=1S/C12H24N2O/c1-2-10-3-4-11(13)12(9-10)14-5-7-15-8-6-14/h10-12H,2-9,13H2,1H3. The van der Waals surface area contributed by atoms with Crippen LogP contribution in [0.5, 0.6) is 0 Å². The van der Waals surface area contributed by atoms with Crippen LogP contribution in [0, 0.1) is 5.92 Å². The van der Waals surface area contributed by atoms with Gasteiger partial charge in [0, 0.05) is 25.2 Å². The summed E-state index contributed by atoms with van der Waals surface area (Å²) in [6.45, 7) is 6.24. The molecular weight excluding hydrogens is 188 g/mol. The lowest BCUT2D eigenvalue weighted by atomic mass is 9.80. The smallest absolute Gasteiger partial charge is 0.0594 e. The maximum atomic E-state index is 6.24. The van der Waals surface area contributed by atoms with Gasteiger partial charge in [0.2, 0.25) is 0 Å². The predicted octanol–water partition coefficient (Wildman–Crippen LogP) is 1.22. The summed E-state index contributed by atoms with van der Waals surface area (Å²) in [6, 6.07) is 1.01.